The van der Waals surface area contributed by atoms with Crippen LogP contribution in [0.2, 0.25) is 0 Å². The molecule has 0 atom stereocenters. The molecule has 0 unspecified atom stereocenters. The predicted molar refractivity (Wildman–Crippen MR) is 71.6 cm³/mol. The molecular formula is C15H17F2NO. The van der Waals surface area contributed by atoms with E-state index in [1.807, 2.05) is 6.07 Å². The van der Waals surface area contributed by atoms with Crippen molar-refractivity contribution in [3.63, 3.8) is 0 Å². The Bertz CT molecular complexity index is 454. The lowest BCUT2D eigenvalue weighted by molar-refractivity contribution is -0.154. The molecule has 4 heteroatoms. The first kappa shape index (κ1) is 15.1. The van der Waals surface area contributed by atoms with E-state index in [4.69, 9.17) is 0 Å². The molecule has 1 aromatic carbocycles. The number of alkyl halides is 2. The molecule has 0 bridgehead atoms. The molecule has 0 aliphatic carbocycles. The molecule has 0 spiro atoms. The number of allylic oxidation sites excluding steroid dienone is 2. The SMILES string of the molecule is C=CCC(F)(F)C(=O)N(/C=C/C)Cc1ccccc1. The van der Waals surface area contributed by atoms with Crippen LogP contribution in [0.25, 0.3) is 0 Å². The van der Waals surface area contributed by atoms with Gasteiger partial charge < -0.3 is 4.90 Å². The van der Waals surface area contributed by atoms with Crippen LogP contribution in [0.5, 0.6) is 0 Å². The van der Waals surface area contributed by atoms with Crippen LogP contribution in [0.15, 0.2) is 55.3 Å². The number of rotatable bonds is 6. The maximum absolute atomic E-state index is 13.6. The zero-order valence-corrected chi connectivity index (χ0v) is 10.9. The standard InChI is InChI=1S/C15H17F2NO/c1-3-10-15(16,17)14(19)18(11-4-2)12-13-8-6-5-7-9-13/h3-9,11H,1,10,12H2,2H3/b11-4+. The fourth-order valence-electron chi connectivity index (χ4n) is 1.63. The maximum atomic E-state index is 13.6. The summed E-state index contributed by atoms with van der Waals surface area (Å²) in [5.74, 6) is -4.63. The maximum Gasteiger partial charge on any atom is 0.328 e. The quantitative estimate of drug-likeness (QED) is 0.717. The number of benzene rings is 1. The van der Waals surface area contributed by atoms with Gasteiger partial charge >= 0.3 is 5.92 Å². The number of carbonyl (C=O) groups is 1. The minimum Gasteiger partial charge on any atom is -0.310 e. The van der Waals surface area contributed by atoms with E-state index in [1.54, 1.807) is 37.3 Å². The third-order valence-electron chi connectivity index (χ3n) is 2.50. The van der Waals surface area contributed by atoms with E-state index >= 15 is 0 Å². The largest absolute Gasteiger partial charge is 0.328 e. The van der Waals surface area contributed by atoms with Crippen LogP contribution in [-0.4, -0.2) is 16.7 Å². The van der Waals surface area contributed by atoms with Gasteiger partial charge in [0.25, 0.3) is 5.91 Å². The molecular weight excluding hydrogens is 248 g/mol. The highest BCUT2D eigenvalue weighted by atomic mass is 19.3. The highest BCUT2D eigenvalue weighted by Gasteiger charge is 2.40. The van der Waals surface area contributed by atoms with E-state index in [0.29, 0.717) is 0 Å². The van der Waals surface area contributed by atoms with Crippen LogP contribution >= 0.6 is 0 Å². The van der Waals surface area contributed by atoms with Gasteiger partial charge in [0.05, 0.1) is 6.54 Å². The summed E-state index contributed by atoms with van der Waals surface area (Å²) in [6.45, 7) is 5.05. The Morgan fingerprint density at radius 1 is 1.37 bits per heavy atom. The van der Waals surface area contributed by atoms with Crippen molar-refractivity contribution in [2.75, 3.05) is 0 Å². The lowest BCUT2D eigenvalue weighted by atomic mass is 10.1. The van der Waals surface area contributed by atoms with Gasteiger partial charge in [-0.15, -0.1) is 6.58 Å². The van der Waals surface area contributed by atoms with Crippen LogP contribution in [-0.2, 0) is 11.3 Å². The van der Waals surface area contributed by atoms with Crippen LogP contribution in [0.1, 0.15) is 18.9 Å². The van der Waals surface area contributed by atoms with Crippen molar-refractivity contribution in [1.82, 2.24) is 4.90 Å². The lowest BCUT2D eigenvalue weighted by Gasteiger charge is -2.23. The Morgan fingerprint density at radius 3 is 2.53 bits per heavy atom. The summed E-state index contributed by atoms with van der Waals surface area (Å²) in [5, 5.41) is 0. The minimum absolute atomic E-state index is 0.122. The summed E-state index contributed by atoms with van der Waals surface area (Å²) < 4.78 is 27.2. The van der Waals surface area contributed by atoms with E-state index in [9.17, 15) is 13.6 Å². The number of amides is 1. The van der Waals surface area contributed by atoms with Gasteiger partial charge in [0.15, 0.2) is 0 Å². The molecule has 1 amide bonds. The predicted octanol–water partition coefficient (Wildman–Crippen LogP) is 3.76. The second kappa shape index (κ2) is 6.83. The van der Waals surface area contributed by atoms with Crippen molar-refractivity contribution >= 4 is 5.91 Å². The molecule has 0 heterocycles. The van der Waals surface area contributed by atoms with Crippen molar-refractivity contribution < 1.29 is 13.6 Å². The van der Waals surface area contributed by atoms with Gasteiger partial charge in [-0.3, -0.25) is 4.79 Å². The molecule has 19 heavy (non-hydrogen) atoms. The first-order chi connectivity index (χ1) is 9.01. The monoisotopic (exact) mass is 265 g/mol. The van der Waals surface area contributed by atoms with Gasteiger partial charge in [0, 0.05) is 12.6 Å². The normalized spacial score (nSPS) is 11.5. The smallest absolute Gasteiger partial charge is 0.310 e. The van der Waals surface area contributed by atoms with Crippen LogP contribution in [0.4, 0.5) is 8.78 Å². The Kier molecular flexibility index (Phi) is 5.42. The number of hydrogen-bond acceptors (Lipinski definition) is 1. The van der Waals surface area contributed by atoms with Gasteiger partial charge in [0.1, 0.15) is 0 Å². The molecule has 0 aliphatic rings. The Hall–Kier alpha value is -1.97. The first-order valence-electron chi connectivity index (χ1n) is 5.98. The van der Waals surface area contributed by atoms with E-state index < -0.39 is 18.3 Å². The average molecular weight is 265 g/mol. The topological polar surface area (TPSA) is 20.3 Å². The van der Waals surface area contributed by atoms with Crippen molar-refractivity contribution in [3.8, 4) is 0 Å². The second-order valence-corrected chi connectivity index (χ2v) is 4.10. The summed E-state index contributed by atoms with van der Waals surface area (Å²) in [4.78, 5) is 12.9. The molecule has 0 N–H and O–H groups in total. The molecule has 0 aromatic heterocycles. The molecule has 102 valence electrons. The molecule has 0 saturated heterocycles. The van der Waals surface area contributed by atoms with E-state index in [0.717, 1.165) is 16.5 Å². The molecule has 0 fully saturated rings. The third-order valence-corrected chi connectivity index (χ3v) is 2.50. The van der Waals surface area contributed by atoms with Crippen LogP contribution < -0.4 is 0 Å². The fourth-order valence-corrected chi connectivity index (χ4v) is 1.63. The van der Waals surface area contributed by atoms with Gasteiger partial charge in [-0.05, 0) is 12.5 Å². The third kappa shape index (κ3) is 4.32. The molecule has 0 radical (unpaired) electrons. The summed E-state index contributed by atoms with van der Waals surface area (Å²) >= 11 is 0. The summed E-state index contributed by atoms with van der Waals surface area (Å²) in [6, 6.07) is 9.01. The zero-order chi connectivity index (χ0) is 14.3. The molecule has 1 aromatic rings. The van der Waals surface area contributed by atoms with E-state index in [2.05, 4.69) is 6.58 Å². The lowest BCUT2D eigenvalue weighted by Crippen LogP contribution is -2.40. The summed E-state index contributed by atoms with van der Waals surface area (Å²) in [7, 11) is 0. The fraction of sp³-hybridized carbons (Fsp3) is 0.267. The van der Waals surface area contributed by atoms with Crippen LogP contribution in [0.3, 0.4) is 0 Å². The zero-order valence-electron chi connectivity index (χ0n) is 10.9. The van der Waals surface area contributed by atoms with E-state index in [1.165, 1.54) is 6.20 Å². The number of carbonyl (C=O) groups excluding carboxylic acids is 1. The van der Waals surface area contributed by atoms with E-state index in [-0.39, 0.29) is 6.54 Å². The first-order valence-corrected chi connectivity index (χ1v) is 5.98. The minimum atomic E-state index is -3.42. The Labute approximate surface area is 112 Å². The molecule has 1 rings (SSSR count). The van der Waals surface area contributed by atoms with Crippen molar-refractivity contribution in [2.24, 2.45) is 0 Å². The number of halogens is 2. The average Bonchev–Trinajstić information content (AvgIpc) is 2.38. The summed E-state index contributed by atoms with van der Waals surface area (Å²) in [5.41, 5.74) is 0.795. The molecule has 2 nitrogen and oxygen atoms in total. The molecule has 0 aliphatic heterocycles. The Morgan fingerprint density at radius 2 is 2.00 bits per heavy atom. The second-order valence-electron chi connectivity index (χ2n) is 4.10. The van der Waals surface area contributed by atoms with Gasteiger partial charge in [0.2, 0.25) is 0 Å². The Balaban J connectivity index is 2.89. The van der Waals surface area contributed by atoms with Gasteiger partial charge in [-0.2, -0.15) is 8.78 Å². The summed E-state index contributed by atoms with van der Waals surface area (Å²) in [6.07, 6.45) is 3.32. The number of hydrogen-bond donors (Lipinski definition) is 0. The van der Waals surface area contributed by atoms with Gasteiger partial charge in [-0.25, -0.2) is 0 Å². The van der Waals surface area contributed by atoms with Crippen molar-refractivity contribution in [1.29, 1.82) is 0 Å². The van der Waals surface area contributed by atoms with Gasteiger partial charge in [-0.1, -0.05) is 42.5 Å². The van der Waals surface area contributed by atoms with Crippen LogP contribution in [0, 0.1) is 0 Å². The highest BCUT2D eigenvalue weighted by molar-refractivity contribution is 5.84. The number of nitrogens with zero attached hydrogens (tertiary/aromatic N) is 1. The van der Waals surface area contributed by atoms with Crippen molar-refractivity contribution in [2.45, 2.75) is 25.8 Å². The molecule has 0 saturated carbocycles. The highest BCUT2D eigenvalue weighted by Crippen LogP contribution is 2.23. The van der Waals surface area contributed by atoms with Crippen molar-refractivity contribution in [3.05, 3.63) is 60.8 Å².